The molecular formula is C21H20Cl4N2O2. The third kappa shape index (κ3) is 7.29. The lowest BCUT2D eigenvalue weighted by Crippen LogP contribution is -2.27. The molecule has 0 aliphatic rings. The van der Waals surface area contributed by atoms with Crippen LogP contribution in [0.25, 0.3) is 0 Å². The van der Waals surface area contributed by atoms with Gasteiger partial charge in [-0.05, 0) is 43.4 Å². The van der Waals surface area contributed by atoms with E-state index in [4.69, 9.17) is 51.1 Å². The molecule has 29 heavy (non-hydrogen) atoms. The van der Waals surface area contributed by atoms with E-state index in [2.05, 4.69) is 35.9 Å². The summed E-state index contributed by atoms with van der Waals surface area (Å²) in [6, 6.07) is 8.03. The fourth-order valence-corrected chi connectivity index (χ4v) is 3.61. The Bertz CT molecular complexity index is 911. The fourth-order valence-electron chi connectivity index (χ4n) is 2.46. The molecule has 0 aromatic heterocycles. The van der Waals surface area contributed by atoms with E-state index in [1.165, 1.54) is 12.1 Å². The summed E-state index contributed by atoms with van der Waals surface area (Å²) in [6.07, 6.45) is 0. The van der Waals surface area contributed by atoms with E-state index < -0.39 is 5.91 Å². The molecule has 2 aromatic rings. The maximum atomic E-state index is 12.1. The number of amides is 1. The van der Waals surface area contributed by atoms with E-state index in [0.29, 0.717) is 33.7 Å². The molecule has 0 aliphatic heterocycles. The van der Waals surface area contributed by atoms with Crippen LogP contribution in [-0.2, 0) is 4.79 Å². The molecule has 1 N–H and O–H groups in total. The Kier molecular flexibility index (Phi) is 9.42. The third-order valence-corrected chi connectivity index (χ3v) is 5.17. The number of anilines is 1. The summed E-state index contributed by atoms with van der Waals surface area (Å²) in [5.41, 5.74) is 0.835. The van der Waals surface area contributed by atoms with Crippen molar-refractivity contribution in [2.75, 3.05) is 31.6 Å². The summed E-state index contributed by atoms with van der Waals surface area (Å²) in [4.78, 5) is 14.4. The molecule has 154 valence electrons. The highest BCUT2D eigenvalue weighted by Gasteiger charge is 2.08. The summed E-state index contributed by atoms with van der Waals surface area (Å²) in [5.74, 6) is 5.14. The minimum atomic E-state index is -0.529. The summed E-state index contributed by atoms with van der Waals surface area (Å²) >= 11 is 24.2. The molecule has 4 nitrogen and oxygen atoms in total. The molecule has 2 rings (SSSR count). The molecule has 0 bridgehead atoms. The van der Waals surface area contributed by atoms with Gasteiger partial charge in [0.25, 0.3) is 0 Å². The highest BCUT2D eigenvalue weighted by Crippen LogP contribution is 2.29. The maximum absolute atomic E-state index is 12.1. The van der Waals surface area contributed by atoms with Crippen molar-refractivity contribution in [2.45, 2.75) is 13.8 Å². The minimum Gasteiger partial charge on any atom is -0.491 e. The number of nitrogens with one attached hydrogen (secondary N) is 1. The van der Waals surface area contributed by atoms with Gasteiger partial charge in [-0.15, -0.1) is 0 Å². The second-order valence-electron chi connectivity index (χ2n) is 5.97. The van der Waals surface area contributed by atoms with Crippen molar-refractivity contribution in [3.8, 4) is 17.6 Å². The van der Waals surface area contributed by atoms with Crippen molar-refractivity contribution in [3.05, 3.63) is 56.0 Å². The second kappa shape index (κ2) is 11.5. The lowest BCUT2D eigenvalue weighted by Gasteiger charge is -2.18. The van der Waals surface area contributed by atoms with Gasteiger partial charge >= 0.3 is 5.91 Å². The number of benzene rings is 2. The Labute approximate surface area is 191 Å². The topological polar surface area (TPSA) is 41.6 Å². The first-order chi connectivity index (χ1) is 13.8. The lowest BCUT2D eigenvalue weighted by molar-refractivity contribution is -0.111. The smallest absolute Gasteiger partial charge is 0.300 e. The van der Waals surface area contributed by atoms with E-state index in [1.807, 2.05) is 0 Å². The van der Waals surface area contributed by atoms with Gasteiger partial charge in [-0.2, -0.15) is 0 Å². The Morgan fingerprint density at radius 1 is 1.03 bits per heavy atom. The zero-order valence-electron chi connectivity index (χ0n) is 16.0. The predicted molar refractivity (Wildman–Crippen MR) is 122 cm³/mol. The normalized spacial score (nSPS) is 10.4. The van der Waals surface area contributed by atoms with Gasteiger partial charge in [-0.25, -0.2) is 0 Å². The lowest BCUT2D eigenvalue weighted by atomic mass is 10.2. The van der Waals surface area contributed by atoms with Crippen LogP contribution < -0.4 is 10.1 Å². The van der Waals surface area contributed by atoms with Gasteiger partial charge in [0.05, 0.1) is 20.6 Å². The first kappa shape index (κ1) is 23.7. The van der Waals surface area contributed by atoms with Gasteiger partial charge < -0.3 is 15.0 Å². The third-order valence-electron chi connectivity index (χ3n) is 4.06. The predicted octanol–water partition coefficient (Wildman–Crippen LogP) is 6.01. The van der Waals surface area contributed by atoms with E-state index in [-0.39, 0.29) is 10.0 Å². The molecule has 0 heterocycles. The minimum absolute atomic E-state index is 0.275. The molecular weight excluding hydrogens is 454 g/mol. The number of nitrogens with zero attached hydrogens (tertiary/aromatic N) is 1. The molecule has 0 fully saturated rings. The highest BCUT2D eigenvalue weighted by atomic mass is 35.5. The van der Waals surface area contributed by atoms with Crippen LogP contribution in [0.5, 0.6) is 5.75 Å². The van der Waals surface area contributed by atoms with Crippen molar-refractivity contribution < 1.29 is 9.53 Å². The van der Waals surface area contributed by atoms with Crippen LogP contribution in [-0.4, -0.2) is 37.0 Å². The number of carbonyl (C=O) groups excluding carboxylic acids is 1. The first-order valence-electron chi connectivity index (χ1n) is 8.96. The van der Waals surface area contributed by atoms with Gasteiger partial charge in [-0.1, -0.05) is 66.2 Å². The standard InChI is InChI=1S/C21H20Cl4N2O2/c1-3-27(4-2)9-10-29-20-7-5-15(13-19(20)25)26-21(28)8-6-16-17(23)11-14(22)12-18(16)24/h5,7,11-13H,3-4,9-10H2,1-2H3,(H,26,28). The summed E-state index contributed by atoms with van der Waals surface area (Å²) in [6.45, 7) is 7.48. The number of carbonyl (C=O) groups is 1. The van der Waals surface area contributed by atoms with E-state index >= 15 is 0 Å². The number of likely N-dealkylation sites (N-methyl/N-ethyl adjacent to an activating group) is 1. The van der Waals surface area contributed by atoms with Gasteiger partial charge in [0, 0.05) is 23.2 Å². The van der Waals surface area contributed by atoms with Crippen LogP contribution in [0.2, 0.25) is 20.1 Å². The van der Waals surface area contributed by atoms with Crippen molar-refractivity contribution in [1.82, 2.24) is 4.90 Å². The number of ether oxygens (including phenoxy) is 1. The average molecular weight is 474 g/mol. The van der Waals surface area contributed by atoms with Crippen molar-refractivity contribution in [1.29, 1.82) is 0 Å². The van der Waals surface area contributed by atoms with Crippen LogP contribution in [0.4, 0.5) is 5.69 Å². The molecule has 8 heteroatoms. The molecule has 0 aliphatic carbocycles. The number of hydrogen-bond acceptors (Lipinski definition) is 3. The van der Waals surface area contributed by atoms with Crippen LogP contribution in [0.3, 0.4) is 0 Å². The highest BCUT2D eigenvalue weighted by molar-refractivity contribution is 6.39. The summed E-state index contributed by atoms with van der Waals surface area (Å²) in [5, 5.41) is 3.99. The number of hydrogen-bond donors (Lipinski definition) is 1. The summed E-state index contributed by atoms with van der Waals surface area (Å²) in [7, 11) is 0. The quantitative estimate of drug-likeness (QED) is 0.500. The van der Waals surface area contributed by atoms with Gasteiger partial charge in [0.15, 0.2) is 0 Å². The first-order valence-corrected chi connectivity index (χ1v) is 10.5. The second-order valence-corrected chi connectivity index (χ2v) is 7.63. The van der Waals surface area contributed by atoms with Crippen LogP contribution in [0.1, 0.15) is 19.4 Å². The van der Waals surface area contributed by atoms with E-state index in [9.17, 15) is 4.79 Å². The largest absolute Gasteiger partial charge is 0.491 e. The molecule has 0 saturated carbocycles. The Morgan fingerprint density at radius 3 is 2.28 bits per heavy atom. The fraction of sp³-hybridized carbons (Fsp3) is 0.286. The average Bonchev–Trinajstić information content (AvgIpc) is 2.66. The monoisotopic (exact) mass is 472 g/mol. The molecule has 2 aromatic carbocycles. The number of rotatable bonds is 7. The van der Waals surface area contributed by atoms with Crippen molar-refractivity contribution in [2.24, 2.45) is 0 Å². The Morgan fingerprint density at radius 2 is 1.69 bits per heavy atom. The van der Waals surface area contributed by atoms with Crippen LogP contribution in [0.15, 0.2) is 30.3 Å². The molecule has 0 atom stereocenters. The molecule has 0 unspecified atom stereocenters. The van der Waals surface area contributed by atoms with Gasteiger partial charge in [-0.3, -0.25) is 4.79 Å². The van der Waals surface area contributed by atoms with Crippen molar-refractivity contribution in [3.63, 3.8) is 0 Å². The molecule has 1 amide bonds. The van der Waals surface area contributed by atoms with Crippen LogP contribution >= 0.6 is 46.4 Å². The van der Waals surface area contributed by atoms with E-state index in [0.717, 1.165) is 19.6 Å². The summed E-state index contributed by atoms with van der Waals surface area (Å²) < 4.78 is 5.72. The number of halogens is 4. The van der Waals surface area contributed by atoms with Crippen molar-refractivity contribution >= 4 is 58.0 Å². The van der Waals surface area contributed by atoms with Crippen LogP contribution in [0, 0.1) is 11.8 Å². The zero-order valence-corrected chi connectivity index (χ0v) is 19.0. The Hall–Kier alpha value is -1.61. The van der Waals surface area contributed by atoms with Gasteiger partial charge in [0.1, 0.15) is 12.4 Å². The Balaban J connectivity index is 1.99. The SMILES string of the molecule is CCN(CC)CCOc1ccc(NC(=O)C#Cc2c(Cl)cc(Cl)cc2Cl)cc1Cl. The maximum Gasteiger partial charge on any atom is 0.300 e. The van der Waals surface area contributed by atoms with E-state index in [1.54, 1.807) is 18.2 Å². The van der Waals surface area contributed by atoms with Gasteiger partial charge in [0.2, 0.25) is 0 Å². The molecule has 0 spiro atoms. The zero-order chi connectivity index (χ0) is 21.4. The molecule has 0 radical (unpaired) electrons. The molecule has 0 saturated heterocycles.